The van der Waals surface area contributed by atoms with Gasteiger partial charge < -0.3 is 31.6 Å². The zero-order chi connectivity index (χ0) is 23.7. The topological polar surface area (TPSA) is 153 Å². The molecule has 7 N–H and O–H groups in total. The summed E-state index contributed by atoms with van der Waals surface area (Å²) in [5, 5.41) is 12.8. The Morgan fingerprint density at radius 2 is 1.59 bits per heavy atom. The number of hydrogen-bond acceptors (Lipinski definition) is 6. The fraction of sp³-hybridized carbons (Fsp3) is 0.348. The normalized spacial score (nSPS) is 12.4. The van der Waals surface area contributed by atoms with Gasteiger partial charge in [0.15, 0.2) is 0 Å². The number of nitrogens with one attached hydrogen (secondary N) is 3. The predicted octanol–water partition coefficient (Wildman–Crippen LogP) is 1.07. The minimum absolute atomic E-state index is 0.0150. The van der Waals surface area contributed by atoms with E-state index in [-0.39, 0.29) is 11.7 Å². The quantitative estimate of drug-likeness (QED) is 0.260. The lowest BCUT2D eigenvalue weighted by Gasteiger charge is -2.18. The summed E-state index contributed by atoms with van der Waals surface area (Å²) in [5.41, 5.74) is 13.9. The van der Waals surface area contributed by atoms with Gasteiger partial charge in [0.2, 0.25) is 11.8 Å². The van der Waals surface area contributed by atoms with Crippen LogP contribution in [-0.4, -0.2) is 44.0 Å². The number of amidine groups is 1. The molecule has 0 aromatic heterocycles. The Balaban J connectivity index is 1.81. The maximum absolute atomic E-state index is 12.4. The Labute approximate surface area is 188 Å². The summed E-state index contributed by atoms with van der Waals surface area (Å²) in [6, 6.07) is 11.0. The Bertz CT molecular complexity index is 924. The number of rotatable bonds is 11. The van der Waals surface area contributed by atoms with Crippen LogP contribution in [0.2, 0.25) is 0 Å². The first-order valence-corrected chi connectivity index (χ1v) is 10.2. The second-order valence-corrected chi connectivity index (χ2v) is 7.42. The van der Waals surface area contributed by atoms with Crippen LogP contribution in [0.3, 0.4) is 0 Å². The average Bonchev–Trinajstić information content (AvgIpc) is 2.80. The van der Waals surface area contributed by atoms with Gasteiger partial charge in [-0.2, -0.15) is 0 Å². The maximum Gasteiger partial charge on any atom is 0.242 e. The number of amides is 2. The Kier molecular flexibility index (Phi) is 9.03. The molecule has 2 aromatic carbocycles. The third kappa shape index (κ3) is 7.28. The summed E-state index contributed by atoms with van der Waals surface area (Å²) >= 11 is 0. The van der Waals surface area contributed by atoms with Crippen molar-refractivity contribution in [2.24, 2.45) is 11.5 Å². The first-order valence-electron chi connectivity index (χ1n) is 10.2. The van der Waals surface area contributed by atoms with Crippen molar-refractivity contribution in [1.82, 2.24) is 10.6 Å². The highest BCUT2D eigenvalue weighted by atomic mass is 16.5. The molecule has 32 heavy (non-hydrogen) atoms. The van der Waals surface area contributed by atoms with Gasteiger partial charge in [-0.25, -0.2) is 0 Å². The third-order valence-electron chi connectivity index (χ3n) is 4.98. The molecule has 0 saturated heterocycles. The molecular formula is C23H31N5O4. The van der Waals surface area contributed by atoms with Crippen molar-refractivity contribution < 1.29 is 19.1 Å². The van der Waals surface area contributed by atoms with Gasteiger partial charge in [0.1, 0.15) is 23.4 Å². The predicted molar refractivity (Wildman–Crippen MR) is 123 cm³/mol. The van der Waals surface area contributed by atoms with E-state index in [1.165, 1.54) is 0 Å². The standard InChI is InChI=1S/C23H31N5O4/c1-14(22(29)27-13-15-4-7-17(8-5-15)21(25)26)28-23(30)20(24)9-6-16-10-18(31-2)12-19(11-16)32-3/h4-5,7-8,10-12,14,20H,6,9,13,24H2,1-3H3,(H3,25,26)(H,27,29)(H,28,30)/t14-,20+/m0/s1. The van der Waals surface area contributed by atoms with E-state index < -0.39 is 18.0 Å². The van der Waals surface area contributed by atoms with Crippen molar-refractivity contribution >= 4 is 17.6 Å². The van der Waals surface area contributed by atoms with Crippen LogP contribution < -0.4 is 31.6 Å². The van der Waals surface area contributed by atoms with E-state index >= 15 is 0 Å². The van der Waals surface area contributed by atoms with Crippen LogP contribution in [0.25, 0.3) is 0 Å². The summed E-state index contributed by atoms with van der Waals surface area (Å²) in [6.07, 6.45) is 0.956. The van der Waals surface area contributed by atoms with Crippen molar-refractivity contribution in [3.63, 3.8) is 0 Å². The summed E-state index contributed by atoms with van der Waals surface area (Å²) in [6.45, 7) is 1.90. The zero-order valence-electron chi connectivity index (χ0n) is 18.6. The average molecular weight is 442 g/mol. The number of nitrogen functional groups attached to an aromatic ring is 1. The molecule has 9 nitrogen and oxygen atoms in total. The van der Waals surface area contributed by atoms with Crippen LogP contribution in [0.15, 0.2) is 42.5 Å². The summed E-state index contributed by atoms with van der Waals surface area (Å²) in [4.78, 5) is 24.7. The lowest BCUT2D eigenvalue weighted by atomic mass is 10.0. The van der Waals surface area contributed by atoms with Crippen LogP contribution in [0.5, 0.6) is 11.5 Å². The maximum atomic E-state index is 12.4. The monoisotopic (exact) mass is 441 g/mol. The van der Waals surface area contributed by atoms with Crippen LogP contribution >= 0.6 is 0 Å². The molecule has 2 rings (SSSR count). The number of carbonyl (C=O) groups is 2. The SMILES string of the molecule is COc1cc(CC[C@@H](N)C(=O)N[C@@H](C)C(=O)NCc2ccc(C(=N)N)cc2)cc(OC)c1. The number of carbonyl (C=O) groups excluding carboxylic acids is 2. The Hall–Kier alpha value is -3.59. The van der Waals surface area contributed by atoms with Gasteiger partial charge in [-0.15, -0.1) is 0 Å². The van der Waals surface area contributed by atoms with E-state index in [0.29, 0.717) is 36.4 Å². The number of benzene rings is 2. The summed E-state index contributed by atoms with van der Waals surface area (Å²) in [5.74, 6) is 0.600. The lowest BCUT2D eigenvalue weighted by Crippen LogP contribution is -2.50. The van der Waals surface area contributed by atoms with Crippen molar-refractivity contribution in [2.75, 3.05) is 14.2 Å². The molecule has 0 aliphatic carbocycles. The highest BCUT2D eigenvalue weighted by Gasteiger charge is 2.20. The van der Waals surface area contributed by atoms with E-state index in [0.717, 1.165) is 11.1 Å². The van der Waals surface area contributed by atoms with Crippen molar-refractivity contribution in [2.45, 2.75) is 38.4 Å². The molecule has 0 aliphatic heterocycles. The van der Waals surface area contributed by atoms with Gasteiger partial charge in [-0.1, -0.05) is 24.3 Å². The van der Waals surface area contributed by atoms with Crippen LogP contribution in [0.4, 0.5) is 0 Å². The van der Waals surface area contributed by atoms with E-state index in [1.807, 2.05) is 12.1 Å². The Morgan fingerprint density at radius 1 is 1.00 bits per heavy atom. The van der Waals surface area contributed by atoms with Crippen LogP contribution in [0, 0.1) is 5.41 Å². The van der Waals surface area contributed by atoms with Gasteiger partial charge in [0.05, 0.1) is 20.3 Å². The molecule has 9 heteroatoms. The molecular weight excluding hydrogens is 410 g/mol. The lowest BCUT2D eigenvalue weighted by molar-refractivity contribution is -0.129. The minimum Gasteiger partial charge on any atom is -0.497 e. The van der Waals surface area contributed by atoms with E-state index in [4.69, 9.17) is 26.4 Å². The minimum atomic E-state index is -0.762. The molecule has 0 bridgehead atoms. The zero-order valence-corrected chi connectivity index (χ0v) is 18.6. The van der Waals surface area contributed by atoms with Gasteiger partial charge in [-0.05, 0) is 43.0 Å². The van der Waals surface area contributed by atoms with E-state index in [2.05, 4.69) is 10.6 Å². The van der Waals surface area contributed by atoms with Crippen molar-refractivity contribution in [3.05, 3.63) is 59.2 Å². The van der Waals surface area contributed by atoms with Gasteiger partial charge in [0, 0.05) is 18.2 Å². The molecule has 0 unspecified atom stereocenters. The fourth-order valence-corrected chi connectivity index (χ4v) is 2.99. The highest BCUT2D eigenvalue weighted by molar-refractivity contribution is 5.94. The van der Waals surface area contributed by atoms with E-state index in [1.54, 1.807) is 51.5 Å². The smallest absolute Gasteiger partial charge is 0.242 e. The second kappa shape index (κ2) is 11.7. The van der Waals surface area contributed by atoms with Crippen LogP contribution in [-0.2, 0) is 22.6 Å². The molecule has 172 valence electrons. The van der Waals surface area contributed by atoms with Crippen molar-refractivity contribution in [3.8, 4) is 11.5 Å². The molecule has 0 heterocycles. The van der Waals surface area contributed by atoms with E-state index in [9.17, 15) is 9.59 Å². The van der Waals surface area contributed by atoms with Crippen LogP contribution in [0.1, 0.15) is 30.0 Å². The first-order chi connectivity index (χ1) is 15.2. The van der Waals surface area contributed by atoms with Gasteiger partial charge >= 0.3 is 0 Å². The van der Waals surface area contributed by atoms with Gasteiger partial charge in [0.25, 0.3) is 0 Å². The molecule has 2 atom stereocenters. The first kappa shape index (κ1) is 24.7. The number of methoxy groups -OCH3 is 2. The number of aryl methyl sites for hydroxylation is 1. The highest BCUT2D eigenvalue weighted by Crippen LogP contribution is 2.23. The summed E-state index contributed by atoms with van der Waals surface area (Å²) < 4.78 is 10.5. The largest absolute Gasteiger partial charge is 0.497 e. The Morgan fingerprint density at radius 3 is 2.12 bits per heavy atom. The summed E-state index contributed by atoms with van der Waals surface area (Å²) in [7, 11) is 3.15. The number of hydrogen-bond donors (Lipinski definition) is 5. The molecule has 2 aromatic rings. The molecule has 0 saturated carbocycles. The third-order valence-corrected chi connectivity index (χ3v) is 4.98. The molecule has 0 fully saturated rings. The molecule has 0 spiro atoms. The second-order valence-electron chi connectivity index (χ2n) is 7.42. The van der Waals surface area contributed by atoms with Gasteiger partial charge in [-0.3, -0.25) is 15.0 Å². The molecule has 0 radical (unpaired) electrons. The van der Waals surface area contributed by atoms with Crippen molar-refractivity contribution in [1.29, 1.82) is 5.41 Å². The fourth-order valence-electron chi connectivity index (χ4n) is 2.99. The number of ether oxygens (including phenoxy) is 2. The molecule has 0 aliphatic rings. The number of nitrogens with two attached hydrogens (primary N) is 2. The molecule has 2 amide bonds.